The fraction of sp³-hybridized carbons (Fsp3) is 0. The van der Waals surface area contributed by atoms with Crippen molar-refractivity contribution in [1.29, 1.82) is 0 Å². The summed E-state index contributed by atoms with van der Waals surface area (Å²) in [7, 11) is 0. The van der Waals surface area contributed by atoms with E-state index < -0.39 is 0 Å². The standard InChI is InChI=1S/C15H11BrN2O/c16-12-5-4-6-13(9-12)18-11-15(10-17-18)19-14-7-2-1-3-8-14/h1-11H. The van der Waals surface area contributed by atoms with Crippen LogP contribution in [0.5, 0.6) is 11.5 Å². The molecule has 94 valence electrons. The quantitative estimate of drug-likeness (QED) is 0.715. The van der Waals surface area contributed by atoms with E-state index in [2.05, 4.69) is 21.0 Å². The van der Waals surface area contributed by atoms with Gasteiger partial charge in [0.05, 0.1) is 18.1 Å². The van der Waals surface area contributed by atoms with Crippen molar-refractivity contribution < 1.29 is 4.74 Å². The van der Waals surface area contributed by atoms with Crippen LogP contribution in [0.15, 0.2) is 71.5 Å². The number of halogens is 1. The van der Waals surface area contributed by atoms with Crippen LogP contribution in [0.4, 0.5) is 0 Å². The summed E-state index contributed by atoms with van der Waals surface area (Å²) in [6.45, 7) is 0. The Bertz CT molecular complexity index is 679. The maximum absolute atomic E-state index is 5.72. The van der Waals surface area contributed by atoms with Gasteiger partial charge in [0.15, 0.2) is 5.75 Å². The third-order valence-corrected chi connectivity index (χ3v) is 3.10. The first-order valence-corrected chi connectivity index (χ1v) is 6.64. The van der Waals surface area contributed by atoms with E-state index >= 15 is 0 Å². The van der Waals surface area contributed by atoms with Gasteiger partial charge in [0.1, 0.15) is 5.75 Å². The average molecular weight is 315 g/mol. The first kappa shape index (κ1) is 12.0. The molecule has 4 heteroatoms. The van der Waals surface area contributed by atoms with E-state index in [0.29, 0.717) is 5.75 Å². The van der Waals surface area contributed by atoms with E-state index in [1.165, 1.54) is 0 Å². The van der Waals surface area contributed by atoms with Gasteiger partial charge >= 0.3 is 0 Å². The molecule has 0 aliphatic rings. The zero-order valence-electron chi connectivity index (χ0n) is 10.0. The maximum atomic E-state index is 5.72. The third kappa shape index (κ3) is 2.85. The number of benzene rings is 2. The Balaban J connectivity index is 1.84. The number of para-hydroxylation sites is 1. The van der Waals surface area contributed by atoms with Gasteiger partial charge in [-0.05, 0) is 30.3 Å². The monoisotopic (exact) mass is 314 g/mol. The molecule has 0 fully saturated rings. The predicted molar refractivity (Wildman–Crippen MR) is 77.8 cm³/mol. The molecule has 0 radical (unpaired) electrons. The predicted octanol–water partition coefficient (Wildman–Crippen LogP) is 4.43. The number of ether oxygens (including phenoxy) is 1. The van der Waals surface area contributed by atoms with Crippen LogP contribution in [0.25, 0.3) is 5.69 Å². The van der Waals surface area contributed by atoms with E-state index in [1.54, 1.807) is 10.9 Å². The van der Waals surface area contributed by atoms with Crippen LogP contribution in [0.1, 0.15) is 0 Å². The molecule has 0 aliphatic carbocycles. The summed E-state index contributed by atoms with van der Waals surface area (Å²) in [5.74, 6) is 1.52. The molecule has 0 amide bonds. The van der Waals surface area contributed by atoms with Gasteiger partial charge in [0, 0.05) is 4.47 Å². The molecule has 2 aromatic carbocycles. The van der Waals surface area contributed by atoms with Crippen LogP contribution >= 0.6 is 15.9 Å². The molecular formula is C15H11BrN2O. The topological polar surface area (TPSA) is 27.1 Å². The largest absolute Gasteiger partial charge is 0.454 e. The molecule has 3 aromatic rings. The van der Waals surface area contributed by atoms with Crippen LogP contribution in [0.3, 0.4) is 0 Å². The van der Waals surface area contributed by atoms with Gasteiger partial charge in [0.2, 0.25) is 0 Å². The molecular weight excluding hydrogens is 304 g/mol. The molecule has 0 aliphatic heterocycles. The Labute approximate surface area is 119 Å². The first-order chi connectivity index (χ1) is 9.31. The van der Waals surface area contributed by atoms with Crippen LogP contribution in [-0.4, -0.2) is 9.78 Å². The maximum Gasteiger partial charge on any atom is 0.165 e. The number of hydrogen-bond donors (Lipinski definition) is 0. The lowest BCUT2D eigenvalue weighted by Crippen LogP contribution is -1.93. The molecule has 1 heterocycles. The summed E-state index contributed by atoms with van der Waals surface area (Å²) in [5.41, 5.74) is 0.984. The second-order valence-electron chi connectivity index (χ2n) is 4.02. The van der Waals surface area contributed by atoms with Gasteiger partial charge < -0.3 is 4.74 Å². The molecule has 3 nitrogen and oxygen atoms in total. The Morgan fingerprint density at radius 2 is 1.79 bits per heavy atom. The molecule has 0 N–H and O–H groups in total. The van der Waals surface area contributed by atoms with Gasteiger partial charge in [-0.1, -0.05) is 40.2 Å². The van der Waals surface area contributed by atoms with Gasteiger partial charge in [-0.25, -0.2) is 4.68 Å². The summed E-state index contributed by atoms with van der Waals surface area (Å²) >= 11 is 3.45. The van der Waals surface area contributed by atoms with E-state index in [0.717, 1.165) is 15.9 Å². The summed E-state index contributed by atoms with van der Waals surface area (Å²) in [6, 6.07) is 17.6. The minimum atomic E-state index is 0.714. The van der Waals surface area contributed by atoms with Crippen molar-refractivity contribution in [3.8, 4) is 17.2 Å². The Morgan fingerprint density at radius 3 is 2.58 bits per heavy atom. The molecule has 0 saturated heterocycles. The zero-order valence-corrected chi connectivity index (χ0v) is 11.6. The second-order valence-corrected chi connectivity index (χ2v) is 4.93. The Kier molecular flexibility index (Phi) is 3.33. The first-order valence-electron chi connectivity index (χ1n) is 5.85. The lowest BCUT2D eigenvalue weighted by molar-refractivity contribution is 0.482. The number of aromatic nitrogens is 2. The van der Waals surface area contributed by atoms with Gasteiger partial charge in [-0.2, -0.15) is 5.10 Å². The normalized spacial score (nSPS) is 10.4. The van der Waals surface area contributed by atoms with Crippen molar-refractivity contribution in [1.82, 2.24) is 9.78 Å². The highest BCUT2D eigenvalue weighted by molar-refractivity contribution is 9.10. The second kappa shape index (κ2) is 5.28. The highest BCUT2D eigenvalue weighted by atomic mass is 79.9. The summed E-state index contributed by atoms with van der Waals surface area (Å²) in [6.07, 6.45) is 3.56. The van der Waals surface area contributed by atoms with E-state index in [4.69, 9.17) is 4.74 Å². The van der Waals surface area contributed by atoms with Gasteiger partial charge in [-0.3, -0.25) is 0 Å². The average Bonchev–Trinajstić information content (AvgIpc) is 2.88. The van der Waals surface area contributed by atoms with Crippen molar-refractivity contribution in [2.45, 2.75) is 0 Å². The molecule has 0 unspecified atom stereocenters. The smallest absolute Gasteiger partial charge is 0.165 e. The van der Waals surface area contributed by atoms with E-state index in [9.17, 15) is 0 Å². The van der Waals surface area contributed by atoms with Crippen LogP contribution in [-0.2, 0) is 0 Å². The van der Waals surface area contributed by atoms with Crippen LogP contribution in [0.2, 0.25) is 0 Å². The van der Waals surface area contributed by atoms with E-state index in [1.807, 2.05) is 60.8 Å². The van der Waals surface area contributed by atoms with Crippen molar-refractivity contribution in [2.24, 2.45) is 0 Å². The third-order valence-electron chi connectivity index (χ3n) is 2.61. The molecule has 3 rings (SSSR count). The van der Waals surface area contributed by atoms with Crippen molar-refractivity contribution in [2.75, 3.05) is 0 Å². The van der Waals surface area contributed by atoms with Gasteiger partial charge in [0.25, 0.3) is 0 Å². The Morgan fingerprint density at radius 1 is 0.947 bits per heavy atom. The highest BCUT2D eigenvalue weighted by Gasteiger charge is 2.03. The van der Waals surface area contributed by atoms with Gasteiger partial charge in [-0.15, -0.1) is 0 Å². The minimum Gasteiger partial charge on any atom is -0.454 e. The van der Waals surface area contributed by atoms with Crippen molar-refractivity contribution in [3.05, 3.63) is 71.5 Å². The van der Waals surface area contributed by atoms with Crippen molar-refractivity contribution in [3.63, 3.8) is 0 Å². The highest BCUT2D eigenvalue weighted by Crippen LogP contribution is 2.22. The van der Waals surface area contributed by atoms with Crippen LogP contribution < -0.4 is 4.74 Å². The Hall–Kier alpha value is -2.07. The van der Waals surface area contributed by atoms with E-state index in [-0.39, 0.29) is 0 Å². The fourth-order valence-corrected chi connectivity index (χ4v) is 2.13. The molecule has 19 heavy (non-hydrogen) atoms. The molecule has 0 saturated carbocycles. The molecule has 0 bridgehead atoms. The SMILES string of the molecule is Brc1cccc(-n2cc(Oc3ccccc3)cn2)c1. The van der Waals surface area contributed by atoms with Crippen LogP contribution in [0, 0.1) is 0 Å². The zero-order chi connectivity index (χ0) is 13.1. The minimum absolute atomic E-state index is 0.714. The molecule has 0 atom stereocenters. The lowest BCUT2D eigenvalue weighted by atomic mass is 10.3. The number of hydrogen-bond acceptors (Lipinski definition) is 2. The lowest BCUT2D eigenvalue weighted by Gasteiger charge is -2.02. The summed E-state index contributed by atoms with van der Waals surface area (Å²) in [4.78, 5) is 0. The summed E-state index contributed by atoms with van der Waals surface area (Å²) in [5, 5.41) is 4.29. The number of rotatable bonds is 3. The number of nitrogens with zero attached hydrogens (tertiary/aromatic N) is 2. The molecule has 1 aromatic heterocycles. The van der Waals surface area contributed by atoms with Crippen molar-refractivity contribution >= 4 is 15.9 Å². The molecule has 0 spiro atoms. The fourth-order valence-electron chi connectivity index (χ4n) is 1.74. The summed E-state index contributed by atoms with van der Waals surface area (Å²) < 4.78 is 8.52.